The Bertz CT molecular complexity index is 1050. The van der Waals surface area contributed by atoms with Crippen LogP contribution in [0.25, 0.3) is 0 Å². The molecule has 7 aliphatic carbocycles. The van der Waals surface area contributed by atoms with Crippen LogP contribution in [-0.4, -0.2) is 59.6 Å². The Morgan fingerprint density at radius 1 is 0.348 bits per heavy atom. The van der Waals surface area contributed by atoms with Crippen LogP contribution in [0.2, 0.25) is 0 Å². The maximum Gasteiger partial charge on any atom is 0.0766 e. The maximum absolute atomic E-state index is 7.65. The molecule has 0 N–H and O–H groups in total. The van der Waals surface area contributed by atoms with Crippen LogP contribution < -0.4 is 0 Å². The summed E-state index contributed by atoms with van der Waals surface area (Å²) in [5.74, 6) is 6.86. The average Bonchev–Trinajstić information content (AvgIpc) is 3.80. The summed E-state index contributed by atoms with van der Waals surface area (Å²) in [6, 6.07) is 2.22. The molecule has 3 heterocycles. The molecule has 3 saturated heterocycles. The second-order valence-electron chi connectivity index (χ2n) is 18.9. The van der Waals surface area contributed by atoms with Gasteiger partial charge in [-0.1, -0.05) is 64.2 Å². The summed E-state index contributed by atoms with van der Waals surface area (Å²) in [6.07, 6.45) is 39.0. The van der Waals surface area contributed by atoms with Crippen molar-refractivity contribution >= 4 is 0 Å². The van der Waals surface area contributed by atoms with Gasteiger partial charge in [0, 0.05) is 24.0 Å². The Morgan fingerprint density at radius 2 is 0.957 bits per heavy atom. The van der Waals surface area contributed by atoms with Crippen molar-refractivity contribution in [1.82, 2.24) is 4.90 Å². The topological polar surface area (TPSA) is 30.9 Å². The van der Waals surface area contributed by atoms with Gasteiger partial charge in [0.05, 0.1) is 36.6 Å². The summed E-state index contributed by atoms with van der Waals surface area (Å²) in [4.78, 5) is 3.28. The molecule has 10 aliphatic rings. The van der Waals surface area contributed by atoms with E-state index in [4.69, 9.17) is 14.2 Å². The van der Waals surface area contributed by atoms with Gasteiger partial charge in [-0.2, -0.15) is 0 Å². The number of fused-ring (bicyclic) bond motifs is 10. The third kappa shape index (κ3) is 5.25. The van der Waals surface area contributed by atoms with E-state index in [1.165, 1.54) is 161 Å². The minimum absolute atomic E-state index is 0.487. The molecular weight excluding hydrogens is 566 g/mol. The molecule has 0 aromatic rings. The molecule has 0 spiro atoms. The van der Waals surface area contributed by atoms with Gasteiger partial charge in [-0.25, -0.2) is 0 Å². The smallest absolute Gasteiger partial charge is 0.0766 e. The monoisotopic (exact) mass is 634 g/mol. The van der Waals surface area contributed by atoms with Gasteiger partial charge in [0.15, 0.2) is 0 Å². The van der Waals surface area contributed by atoms with Gasteiger partial charge in [-0.3, -0.25) is 4.90 Å². The summed E-state index contributed by atoms with van der Waals surface area (Å²) < 4.78 is 21.3. The Labute approximate surface area is 281 Å². The van der Waals surface area contributed by atoms with E-state index in [0.717, 1.165) is 53.5 Å². The van der Waals surface area contributed by atoms with Crippen LogP contribution in [0.15, 0.2) is 0 Å². The highest BCUT2D eigenvalue weighted by atomic mass is 16.5. The molecule has 0 aromatic heterocycles. The first kappa shape index (κ1) is 30.6. The van der Waals surface area contributed by atoms with Crippen LogP contribution in [-0.2, 0) is 14.2 Å². The first-order valence-electron chi connectivity index (χ1n) is 21.5. The number of rotatable bonds is 4. The molecule has 0 amide bonds. The molecule has 4 heteroatoms. The van der Waals surface area contributed by atoms with Crippen molar-refractivity contribution in [3.05, 3.63) is 0 Å². The fourth-order valence-corrected chi connectivity index (χ4v) is 15.2. The minimum Gasteiger partial charge on any atom is -0.374 e. The third-order valence-electron chi connectivity index (χ3n) is 17.1. The lowest BCUT2D eigenvalue weighted by Gasteiger charge is -2.52. The van der Waals surface area contributed by atoms with E-state index in [1.807, 2.05) is 0 Å². The molecule has 7 saturated carbocycles. The SMILES string of the molecule is C1CCC(C2CCC(N(C3CCC4OC5CCCCC5C4C3)C3CCCC4C5CCC6OC7CCCCC7C6C5OC43)CC2)CC1. The van der Waals surface area contributed by atoms with E-state index in [0.29, 0.717) is 48.6 Å². The zero-order valence-corrected chi connectivity index (χ0v) is 29.2. The van der Waals surface area contributed by atoms with Crippen molar-refractivity contribution in [3.8, 4) is 0 Å². The Hall–Kier alpha value is -0.160. The maximum atomic E-state index is 7.65. The van der Waals surface area contributed by atoms with E-state index in [-0.39, 0.29) is 0 Å². The molecule has 0 aromatic carbocycles. The quantitative estimate of drug-likeness (QED) is 0.309. The molecule has 258 valence electrons. The minimum atomic E-state index is 0.487. The summed E-state index contributed by atoms with van der Waals surface area (Å²) in [5, 5.41) is 0. The highest BCUT2D eigenvalue weighted by Crippen LogP contribution is 2.58. The first-order valence-corrected chi connectivity index (χ1v) is 21.5. The molecule has 14 atom stereocenters. The lowest BCUT2D eigenvalue weighted by molar-refractivity contribution is -0.108. The van der Waals surface area contributed by atoms with E-state index >= 15 is 0 Å². The highest BCUT2D eigenvalue weighted by molar-refractivity contribution is 5.10. The molecule has 14 unspecified atom stereocenters. The van der Waals surface area contributed by atoms with E-state index < -0.39 is 0 Å². The normalized spacial score (nSPS) is 53.9. The molecule has 10 rings (SSSR count). The molecule has 10 fully saturated rings. The average molecular weight is 634 g/mol. The van der Waals surface area contributed by atoms with E-state index in [1.54, 1.807) is 0 Å². The van der Waals surface area contributed by atoms with Gasteiger partial charge in [-0.15, -0.1) is 0 Å². The van der Waals surface area contributed by atoms with Crippen LogP contribution in [0.1, 0.15) is 161 Å². The molecule has 46 heavy (non-hydrogen) atoms. The number of nitrogens with zero attached hydrogens (tertiary/aromatic N) is 1. The van der Waals surface area contributed by atoms with Crippen LogP contribution in [0.5, 0.6) is 0 Å². The molecular formula is C42H67NO3. The van der Waals surface area contributed by atoms with Crippen molar-refractivity contribution in [2.45, 2.75) is 215 Å². The highest BCUT2D eigenvalue weighted by Gasteiger charge is 2.61. The second kappa shape index (κ2) is 12.9. The number of ether oxygens (including phenoxy) is 3. The van der Waals surface area contributed by atoms with Crippen LogP contribution >= 0.6 is 0 Å². The van der Waals surface area contributed by atoms with Crippen LogP contribution in [0, 0.1) is 47.3 Å². The van der Waals surface area contributed by atoms with Crippen LogP contribution in [0.4, 0.5) is 0 Å². The lowest BCUT2D eigenvalue weighted by atomic mass is 9.64. The van der Waals surface area contributed by atoms with Crippen molar-refractivity contribution in [1.29, 1.82) is 0 Å². The number of hydrogen-bond acceptors (Lipinski definition) is 4. The Morgan fingerprint density at radius 3 is 1.80 bits per heavy atom. The predicted octanol–water partition coefficient (Wildman–Crippen LogP) is 9.47. The number of hydrogen-bond donors (Lipinski definition) is 0. The largest absolute Gasteiger partial charge is 0.374 e. The van der Waals surface area contributed by atoms with Crippen molar-refractivity contribution in [2.75, 3.05) is 0 Å². The van der Waals surface area contributed by atoms with E-state index in [2.05, 4.69) is 4.90 Å². The summed E-state index contributed by atoms with van der Waals surface area (Å²) in [5.41, 5.74) is 0. The van der Waals surface area contributed by atoms with Crippen molar-refractivity contribution in [2.24, 2.45) is 47.3 Å². The zero-order chi connectivity index (χ0) is 30.2. The fraction of sp³-hybridized carbons (Fsp3) is 1.00. The lowest BCUT2D eigenvalue weighted by Crippen LogP contribution is -2.59. The first-order chi connectivity index (χ1) is 22.8. The van der Waals surface area contributed by atoms with Gasteiger partial charge in [-0.05, 0) is 138 Å². The zero-order valence-electron chi connectivity index (χ0n) is 29.2. The molecule has 0 radical (unpaired) electrons. The van der Waals surface area contributed by atoms with Gasteiger partial charge < -0.3 is 14.2 Å². The van der Waals surface area contributed by atoms with Crippen molar-refractivity contribution < 1.29 is 14.2 Å². The molecule has 3 aliphatic heterocycles. The third-order valence-corrected chi connectivity index (χ3v) is 17.1. The van der Waals surface area contributed by atoms with E-state index in [9.17, 15) is 0 Å². The van der Waals surface area contributed by atoms with Gasteiger partial charge >= 0.3 is 0 Å². The fourth-order valence-electron chi connectivity index (χ4n) is 15.2. The summed E-state index contributed by atoms with van der Waals surface area (Å²) in [7, 11) is 0. The Kier molecular flexibility index (Phi) is 8.57. The summed E-state index contributed by atoms with van der Waals surface area (Å²) >= 11 is 0. The van der Waals surface area contributed by atoms with Gasteiger partial charge in [0.1, 0.15) is 0 Å². The van der Waals surface area contributed by atoms with Gasteiger partial charge in [0.2, 0.25) is 0 Å². The van der Waals surface area contributed by atoms with Gasteiger partial charge in [0.25, 0.3) is 0 Å². The standard InChI is InChI=1S/C42H67NO3/c1-2-9-26(10-3-1)27-17-19-28(20-18-27)43(29-21-23-38-34(25-29)30-11-4-6-15-36(30)44-38)35-14-8-13-31-32-22-24-39-40(42(32)46-41(31)35)33-12-5-7-16-37(33)45-39/h26-42H,1-25H2. The Balaban J connectivity index is 0.919. The molecule has 0 bridgehead atoms. The van der Waals surface area contributed by atoms with Crippen molar-refractivity contribution in [3.63, 3.8) is 0 Å². The predicted molar refractivity (Wildman–Crippen MR) is 183 cm³/mol. The summed E-state index contributed by atoms with van der Waals surface area (Å²) in [6.45, 7) is 0. The molecule has 4 nitrogen and oxygen atoms in total. The second-order valence-corrected chi connectivity index (χ2v) is 18.9. The van der Waals surface area contributed by atoms with Crippen LogP contribution in [0.3, 0.4) is 0 Å².